The minimum absolute atomic E-state index is 0.419. The smallest absolute Gasteiger partial charge is 0.177 e. The standard InChI is InChI=1S/C17H18FN5O/c1-24-14-4-2-3-13(11-14)17(18)7-9-22(10-8-17)16-6-5-15-20-19-12-23(15)21-16/h2-6,11-12H,7-10H2,1H3. The summed E-state index contributed by atoms with van der Waals surface area (Å²) in [6.45, 7) is 1.21. The Labute approximate surface area is 138 Å². The molecule has 2 aromatic heterocycles. The van der Waals surface area contributed by atoms with Crippen molar-refractivity contribution in [2.24, 2.45) is 0 Å². The van der Waals surface area contributed by atoms with Crippen molar-refractivity contribution in [3.63, 3.8) is 0 Å². The van der Waals surface area contributed by atoms with Gasteiger partial charge in [-0.2, -0.15) is 4.52 Å². The maximum Gasteiger partial charge on any atom is 0.177 e. The number of ether oxygens (including phenoxy) is 1. The van der Waals surface area contributed by atoms with Crippen molar-refractivity contribution in [1.29, 1.82) is 0 Å². The summed E-state index contributed by atoms with van der Waals surface area (Å²) in [5.74, 6) is 1.50. The molecule has 0 spiro atoms. The lowest BCUT2D eigenvalue weighted by molar-refractivity contribution is 0.124. The molecule has 1 aromatic carbocycles. The Morgan fingerprint density at radius 2 is 2.00 bits per heavy atom. The average molecular weight is 327 g/mol. The summed E-state index contributed by atoms with van der Waals surface area (Å²) in [6.07, 6.45) is 2.41. The van der Waals surface area contributed by atoms with Crippen molar-refractivity contribution in [1.82, 2.24) is 19.8 Å². The van der Waals surface area contributed by atoms with Gasteiger partial charge in [0.2, 0.25) is 0 Å². The lowest BCUT2D eigenvalue weighted by atomic mass is 9.86. The van der Waals surface area contributed by atoms with Gasteiger partial charge in [0.05, 0.1) is 7.11 Å². The van der Waals surface area contributed by atoms with Crippen LogP contribution in [0.5, 0.6) is 5.75 Å². The number of aromatic nitrogens is 4. The second-order valence-corrected chi connectivity index (χ2v) is 6.01. The number of benzene rings is 1. The highest BCUT2D eigenvalue weighted by Gasteiger charge is 2.37. The number of alkyl halides is 1. The van der Waals surface area contributed by atoms with Crippen molar-refractivity contribution >= 4 is 11.5 Å². The molecule has 0 aliphatic carbocycles. The van der Waals surface area contributed by atoms with Gasteiger partial charge in [0.1, 0.15) is 23.6 Å². The Bertz CT molecular complexity index is 857. The van der Waals surface area contributed by atoms with E-state index in [1.807, 2.05) is 30.3 Å². The molecule has 0 radical (unpaired) electrons. The zero-order valence-corrected chi connectivity index (χ0v) is 13.4. The first kappa shape index (κ1) is 14.9. The van der Waals surface area contributed by atoms with Gasteiger partial charge >= 0.3 is 0 Å². The highest BCUT2D eigenvalue weighted by molar-refractivity contribution is 5.46. The number of rotatable bonds is 3. The molecular weight excluding hydrogens is 309 g/mol. The predicted molar refractivity (Wildman–Crippen MR) is 88.0 cm³/mol. The van der Waals surface area contributed by atoms with Crippen LogP contribution in [0.15, 0.2) is 42.7 Å². The van der Waals surface area contributed by atoms with Gasteiger partial charge in [-0.1, -0.05) is 12.1 Å². The molecule has 4 rings (SSSR count). The fourth-order valence-corrected chi connectivity index (χ4v) is 3.17. The summed E-state index contributed by atoms with van der Waals surface area (Å²) < 4.78 is 22.2. The number of halogens is 1. The number of piperidine rings is 1. The van der Waals surface area contributed by atoms with E-state index in [9.17, 15) is 0 Å². The molecule has 3 aromatic rings. The SMILES string of the molecule is COc1cccc(C2(F)CCN(c3ccc4nncn4n3)CC2)c1. The Balaban J connectivity index is 1.53. The summed E-state index contributed by atoms with van der Waals surface area (Å²) in [5, 5.41) is 12.3. The number of fused-ring (bicyclic) bond motifs is 1. The number of hydrogen-bond donors (Lipinski definition) is 0. The van der Waals surface area contributed by atoms with Crippen LogP contribution in [0, 0.1) is 0 Å². The number of hydrogen-bond acceptors (Lipinski definition) is 5. The van der Waals surface area contributed by atoms with Crippen LogP contribution in [0.4, 0.5) is 10.2 Å². The van der Waals surface area contributed by atoms with Crippen LogP contribution < -0.4 is 9.64 Å². The fourth-order valence-electron chi connectivity index (χ4n) is 3.17. The van der Waals surface area contributed by atoms with E-state index in [4.69, 9.17) is 4.74 Å². The molecule has 124 valence electrons. The highest BCUT2D eigenvalue weighted by atomic mass is 19.1. The first-order chi connectivity index (χ1) is 11.7. The van der Waals surface area contributed by atoms with Crippen LogP contribution in [0.25, 0.3) is 5.65 Å². The first-order valence-corrected chi connectivity index (χ1v) is 7.93. The minimum Gasteiger partial charge on any atom is -0.497 e. The van der Waals surface area contributed by atoms with Crippen LogP contribution in [0.3, 0.4) is 0 Å². The van der Waals surface area contributed by atoms with E-state index in [0.717, 1.165) is 5.82 Å². The molecule has 0 atom stereocenters. The second kappa shape index (κ2) is 5.74. The van der Waals surface area contributed by atoms with Crippen molar-refractivity contribution in [3.05, 3.63) is 48.3 Å². The molecule has 1 fully saturated rings. The molecule has 1 saturated heterocycles. The minimum atomic E-state index is -1.33. The number of methoxy groups -OCH3 is 1. The molecule has 0 saturated carbocycles. The predicted octanol–water partition coefficient (Wildman–Crippen LogP) is 2.60. The zero-order valence-electron chi connectivity index (χ0n) is 13.4. The monoisotopic (exact) mass is 327 g/mol. The topological polar surface area (TPSA) is 55.5 Å². The van der Waals surface area contributed by atoms with Crippen molar-refractivity contribution in [3.8, 4) is 5.75 Å². The van der Waals surface area contributed by atoms with Gasteiger partial charge in [0.15, 0.2) is 5.65 Å². The quantitative estimate of drug-likeness (QED) is 0.740. The normalized spacial score (nSPS) is 17.2. The zero-order chi connectivity index (χ0) is 16.6. The molecule has 0 bridgehead atoms. The van der Waals surface area contributed by atoms with E-state index in [1.165, 1.54) is 0 Å². The van der Waals surface area contributed by atoms with E-state index < -0.39 is 5.67 Å². The Kier molecular flexibility index (Phi) is 3.55. The van der Waals surface area contributed by atoms with E-state index in [-0.39, 0.29) is 0 Å². The van der Waals surface area contributed by atoms with Gasteiger partial charge in [-0.3, -0.25) is 0 Å². The van der Waals surface area contributed by atoms with Gasteiger partial charge in [-0.25, -0.2) is 4.39 Å². The number of nitrogens with zero attached hydrogens (tertiary/aromatic N) is 5. The molecule has 24 heavy (non-hydrogen) atoms. The first-order valence-electron chi connectivity index (χ1n) is 7.93. The van der Waals surface area contributed by atoms with Crippen molar-refractivity contribution in [2.75, 3.05) is 25.1 Å². The van der Waals surface area contributed by atoms with Crippen molar-refractivity contribution < 1.29 is 9.13 Å². The number of anilines is 1. The molecule has 3 heterocycles. The maximum absolute atomic E-state index is 15.4. The fraction of sp³-hybridized carbons (Fsp3) is 0.353. The Morgan fingerprint density at radius 1 is 1.17 bits per heavy atom. The molecule has 1 aliphatic rings. The summed E-state index contributed by atoms with van der Waals surface area (Å²) in [4.78, 5) is 2.09. The molecule has 0 amide bonds. The van der Waals surface area contributed by atoms with Gasteiger partial charge in [-0.15, -0.1) is 15.3 Å². The van der Waals surface area contributed by atoms with Crippen LogP contribution in [-0.4, -0.2) is 40.0 Å². The second-order valence-electron chi connectivity index (χ2n) is 6.01. The van der Waals surface area contributed by atoms with E-state index in [2.05, 4.69) is 20.2 Å². The summed E-state index contributed by atoms with van der Waals surface area (Å²) in [5.41, 5.74) is 0.0572. The molecule has 0 unspecified atom stereocenters. The maximum atomic E-state index is 15.4. The van der Waals surface area contributed by atoms with E-state index >= 15 is 4.39 Å². The van der Waals surface area contributed by atoms with Crippen LogP contribution in [0.1, 0.15) is 18.4 Å². The van der Waals surface area contributed by atoms with Crippen LogP contribution in [0.2, 0.25) is 0 Å². The summed E-state index contributed by atoms with van der Waals surface area (Å²) in [7, 11) is 1.60. The van der Waals surface area contributed by atoms with Gasteiger partial charge in [0, 0.05) is 25.9 Å². The Morgan fingerprint density at radius 3 is 2.79 bits per heavy atom. The lowest BCUT2D eigenvalue weighted by Gasteiger charge is -2.37. The van der Waals surface area contributed by atoms with Gasteiger partial charge in [0.25, 0.3) is 0 Å². The molecule has 0 N–H and O–H groups in total. The largest absolute Gasteiger partial charge is 0.497 e. The summed E-state index contributed by atoms with van der Waals surface area (Å²) in [6, 6.07) is 11.1. The third-order valence-corrected chi connectivity index (χ3v) is 4.61. The van der Waals surface area contributed by atoms with Gasteiger partial charge < -0.3 is 9.64 Å². The molecule has 6 nitrogen and oxygen atoms in total. The third-order valence-electron chi connectivity index (χ3n) is 4.61. The third kappa shape index (κ3) is 2.55. The van der Waals surface area contributed by atoms with Crippen molar-refractivity contribution in [2.45, 2.75) is 18.5 Å². The highest BCUT2D eigenvalue weighted by Crippen LogP contribution is 2.38. The lowest BCUT2D eigenvalue weighted by Crippen LogP contribution is -2.40. The van der Waals surface area contributed by atoms with E-state index in [1.54, 1.807) is 24.0 Å². The van der Waals surface area contributed by atoms with E-state index in [0.29, 0.717) is 42.9 Å². The van der Waals surface area contributed by atoms with Crippen LogP contribution >= 0.6 is 0 Å². The van der Waals surface area contributed by atoms with Gasteiger partial charge in [-0.05, 0) is 29.8 Å². The summed E-state index contributed by atoms with van der Waals surface area (Å²) >= 11 is 0. The Hall–Kier alpha value is -2.70. The van der Waals surface area contributed by atoms with Crippen LogP contribution in [-0.2, 0) is 5.67 Å². The molecule has 7 heteroatoms. The molecular formula is C17H18FN5O. The average Bonchev–Trinajstić information content (AvgIpc) is 3.10. The molecule has 1 aliphatic heterocycles.